The van der Waals surface area contributed by atoms with Crippen LogP contribution < -0.4 is 30.7 Å². The molecular formula is C83H105N13O42. The first kappa shape index (κ1) is 107. The minimum atomic E-state index is -1.96. The fourth-order valence-electron chi connectivity index (χ4n) is 14.7. The number of nitrogens with zero attached hydrogens (tertiary/aromatic N) is 9. The van der Waals surface area contributed by atoms with Gasteiger partial charge < -0.3 is 125 Å². The van der Waals surface area contributed by atoms with Crippen LogP contribution in [0.1, 0.15) is 157 Å². The molecule has 138 heavy (non-hydrogen) atoms. The summed E-state index contributed by atoms with van der Waals surface area (Å²) in [6, 6.07) is 6.96. The Balaban J connectivity index is 0.861. The molecule has 4 N–H and O–H groups in total. The molecule has 3 aromatic heterocycles. The SMILES string of the molecule is CC(=O)OC[C@H]1O[C@@H](O[C@H]2[C@H](OC(C)=O)[C@@H](OC(C)=O)[C@H](n3cc(CCC(=O)NCCOc4cc(OCCNC(=O)CCc5cn([C@@H]6O[C@H](COC(C)=O)[C@@H](O[C@@H]7O[C@H](COC(C)=O)[C@H](OC(C)=O)[C@H](OC(C)=O)[C@H]7OC(C)=O)[C@H](OC(C)=O)[C@H]6OC(C)=O)nn5)cc(C(=O)NCCCCNc5ccc([N+](=O)[O-])c6nonc56)c4)nn3)O[C@@H]2COC(C)=O)[C@H](OC(C)=O)[C@@H](OC(C)=O)[C@H]1OC(C)=O. The topological polar surface area (TPSA) is 685 Å². The van der Waals surface area contributed by atoms with Crippen molar-refractivity contribution in [3.05, 3.63) is 69.8 Å². The summed E-state index contributed by atoms with van der Waals surface area (Å²) >= 11 is 0. The number of nitrogens with one attached hydrogen (secondary N) is 4. The van der Waals surface area contributed by atoms with Crippen molar-refractivity contribution in [1.29, 1.82) is 0 Å². The fraction of sp³-hybridized carbons (Fsp3) is 0.602. The number of ether oxygens (including phenoxy) is 22. The number of fused-ring (bicyclic) bond motifs is 1. The van der Waals surface area contributed by atoms with Crippen molar-refractivity contribution in [2.45, 2.75) is 258 Å². The second-order valence-corrected chi connectivity index (χ2v) is 31.1. The molecule has 4 saturated heterocycles. The maximum atomic E-state index is 13.9. The summed E-state index contributed by atoms with van der Waals surface area (Å²) < 4.78 is 135. The number of carbonyl (C=O) groups excluding carboxylic acids is 17. The Kier molecular flexibility index (Phi) is 39.7. The van der Waals surface area contributed by atoms with Crippen molar-refractivity contribution in [3.8, 4) is 11.5 Å². The molecule has 7 heterocycles. The van der Waals surface area contributed by atoms with E-state index < -0.39 is 255 Å². The zero-order valence-electron chi connectivity index (χ0n) is 77.1. The van der Waals surface area contributed by atoms with Crippen molar-refractivity contribution < 1.29 is 195 Å². The Labute approximate surface area is 783 Å². The third-order valence-corrected chi connectivity index (χ3v) is 20.0. The first-order chi connectivity index (χ1) is 65.5. The number of aryl methyl sites for hydroxylation is 2. The largest absolute Gasteiger partial charge is 0.492 e. The van der Waals surface area contributed by atoms with Gasteiger partial charge in [-0.05, 0) is 41.4 Å². The lowest BCUT2D eigenvalue weighted by Crippen LogP contribution is -2.66. The predicted molar refractivity (Wildman–Crippen MR) is 446 cm³/mol. The summed E-state index contributed by atoms with van der Waals surface area (Å²) in [5.41, 5.74) is 0.542. The lowest BCUT2D eigenvalue weighted by molar-refractivity contribution is -0.383. The molecule has 3 amide bonds. The number of rotatable bonds is 46. The van der Waals surface area contributed by atoms with Gasteiger partial charge in [0, 0.05) is 153 Å². The van der Waals surface area contributed by atoms with Gasteiger partial charge in [-0.1, -0.05) is 10.4 Å². The number of nitro groups is 1. The van der Waals surface area contributed by atoms with Crippen LogP contribution in [-0.4, -0.2) is 323 Å². The maximum Gasteiger partial charge on any atom is 0.303 e. The average molecular weight is 1960 g/mol. The van der Waals surface area contributed by atoms with Crippen LogP contribution in [0.3, 0.4) is 0 Å². The molecule has 5 aromatic rings. The lowest BCUT2D eigenvalue weighted by atomic mass is 9.95. The van der Waals surface area contributed by atoms with Crippen molar-refractivity contribution in [3.63, 3.8) is 0 Å². The molecule has 0 radical (unpaired) electrons. The van der Waals surface area contributed by atoms with Crippen LogP contribution >= 0.6 is 0 Å². The average Bonchev–Trinajstić information content (AvgIpc) is 0.904. The van der Waals surface area contributed by atoms with Gasteiger partial charge in [0.25, 0.3) is 5.91 Å². The molecule has 4 aliphatic rings. The summed E-state index contributed by atoms with van der Waals surface area (Å²) in [6.45, 7) is 11.2. The van der Waals surface area contributed by atoms with Crippen LogP contribution in [0.5, 0.6) is 11.5 Å². The van der Waals surface area contributed by atoms with E-state index in [2.05, 4.69) is 52.2 Å². The molecule has 0 bridgehead atoms. The maximum absolute atomic E-state index is 13.9. The molecule has 2 aromatic carbocycles. The van der Waals surface area contributed by atoms with Gasteiger partial charge in [-0.3, -0.25) is 91.6 Å². The van der Waals surface area contributed by atoms with Crippen molar-refractivity contribution in [2.75, 3.05) is 71.1 Å². The Morgan fingerprint density at radius 1 is 0.384 bits per heavy atom. The van der Waals surface area contributed by atoms with E-state index in [1.807, 2.05) is 0 Å². The number of unbranched alkanes of at least 4 members (excludes halogenated alkanes) is 1. The highest BCUT2D eigenvalue weighted by Crippen LogP contribution is 2.42. The van der Waals surface area contributed by atoms with Crippen molar-refractivity contribution in [2.24, 2.45) is 0 Å². The molecule has 0 aliphatic carbocycles. The van der Waals surface area contributed by atoms with Crippen LogP contribution in [0.15, 0.2) is 47.4 Å². The summed E-state index contributed by atoms with van der Waals surface area (Å²) in [5, 5.41) is 47.1. The van der Waals surface area contributed by atoms with Crippen LogP contribution in [0, 0.1) is 10.1 Å². The Morgan fingerprint density at radius 3 is 1.09 bits per heavy atom. The quantitative estimate of drug-likeness (QED) is 0.0129. The number of aromatic nitrogens is 8. The molecule has 754 valence electrons. The Morgan fingerprint density at radius 2 is 0.725 bits per heavy atom. The summed E-state index contributed by atoms with van der Waals surface area (Å²) in [6.07, 6.45) is -31.7. The van der Waals surface area contributed by atoms with Gasteiger partial charge in [0.15, 0.2) is 91.6 Å². The van der Waals surface area contributed by atoms with E-state index in [4.69, 9.17) is 109 Å². The van der Waals surface area contributed by atoms with E-state index in [9.17, 15) is 91.6 Å². The smallest absolute Gasteiger partial charge is 0.303 e. The second-order valence-electron chi connectivity index (χ2n) is 31.1. The number of benzene rings is 2. The van der Waals surface area contributed by atoms with Gasteiger partial charge >= 0.3 is 89.3 Å². The van der Waals surface area contributed by atoms with Gasteiger partial charge in [0.1, 0.15) is 87.8 Å². The number of amides is 3. The van der Waals surface area contributed by atoms with Crippen LogP contribution in [0.25, 0.3) is 11.0 Å². The molecule has 4 aliphatic heterocycles. The molecule has 20 atom stereocenters. The number of carbonyl (C=O) groups is 17. The standard InChI is InChI=1S/C83H105N13O42/c1-38(97)118-34-59-69(136-82-77(130-50(13)109)73(126-46(9)105)67(122-42(5)101)61(134-82)36-120-40(3)99)71(124-44(7)103)75(128-48(11)107)80(132-59)94-32-53(88-92-94)17-21-63(111)85-25-27-116-55-29-52(79(113)87-24-16-15-23-84-57-19-20-58(96(114)115)66-65(57)90-138-91-66)30-56(31-55)117-28-26-86-64(112)22-18-54-33-95(93-89-54)81-76(129-49(12)108)72(125-45(8)104)70(60(133-81)35-119-39(2)98)137-83-78(131-51(14)110)74(127-47(10)106)68(123-43(6)102)62(135-83)37-121-41(4)100/h19-20,29-33,59-62,67-78,80-84H,15-18,21-28,34-37H2,1-14H3,(H,85,111)(H,86,112)(H,87,113)/t59-,60-,61-,62-,67+,68+,69-,70-,71+,72+,73+,74+,75-,76-,77-,78-,80-,81-,82+,83+/m1/s1. The van der Waals surface area contributed by atoms with Gasteiger partial charge in [-0.15, -0.1) is 10.2 Å². The van der Waals surface area contributed by atoms with E-state index >= 15 is 0 Å². The van der Waals surface area contributed by atoms with Gasteiger partial charge in [0.2, 0.25) is 17.3 Å². The van der Waals surface area contributed by atoms with Gasteiger partial charge in [-0.2, -0.15) is 0 Å². The highest BCUT2D eigenvalue weighted by molar-refractivity contribution is 5.95. The molecule has 55 heteroatoms. The molecule has 4 fully saturated rings. The first-order valence-corrected chi connectivity index (χ1v) is 42.8. The highest BCUT2D eigenvalue weighted by Gasteiger charge is 2.61. The third-order valence-electron chi connectivity index (χ3n) is 20.0. The number of esters is 14. The molecule has 0 spiro atoms. The molecule has 0 unspecified atom stereocenters. The third kappa shape index (κ3) is 31.9. The van der Waals surface area contributed by atoms with Gasteiger partial charge in [0.05, 0.1) is 47.5 Å². The zero-order chi connectivity index (χ0) is 101. The summed E-state index contributed by atoms with van der Waals surface area (Å²) in [7, 11) is 0. The number of hydrogen-bond donors (Lipinski definition) is 4. The predicted octanol–water partition coefficient (Wildman–Crippen LogP) is -0.224. The lowest BCUT2D eigenvalue weighted by Gasteiger charge is -2.48. The van der Waals surface area contributed by atoms with E-state index in [-0.39, 0.29) is 104 Å². The first-order valence-electron chi connectivity index (χ1n) is 42.8. The number of anilines is 1. The molecular weight excluding hydrogens is 1850 g/mol. The molecule has 55 nitrogen and oxygen atoms in total. The van der Waals surface area contributed by atoms with Crippen LogP contribution in [0.4, 0.5) is 11.4 Å². The number of non-ortho nitro benzene ring substituents is 1. The monoisotopic (exact) mass is 1960 g/mol. The fourth-order valence-corrected chi connectivity index (χ4v) is 14.7. The van der Waals surface area contributed by atoms with E-state index in [1.54, 1.807) is 0 Å². The summed E-state index contributed by atoms with van der Waals surface area (Å²) in [4.78, 5) is 230. The van der Waals surface area contributed by atoms with E-state index in [0.717, 1.165) is 106 Å². The van der Waals surface area contributed by atoms with Crippen LogP contribution in [-0.2, 0) is 184 Å². The summed E-state index contributed by atoms with van der Waals surface area (Å²) in [5.74, 6) is -14.7. The minimum Gasteiger partial charge on any atom is -0.492 e. The molecule has 0 saturated carbocycles. The van der Waals surface area contributed by atoms with Crippen molar-refractivity contribution in [1.82, 2.24) is 56.3 Å². The molecule has 9 rings (SSSR count). The Hall–Kier alpha value is -14.3. The highest BCUT2D eigenvalue weighted by atomic mass is 16.8. The van der Waals surface area contributed by atoms with Gasteiger partial charge in [-0.25, -0.2) is 14.0 Å². The van der Waals surface area contributed by atoms with Crippen molar-refractivity contribution >= 4 is 124 Å². The second kappa shape index (κ2) is 51.0. The number of hydrogen-bond acceptors (Lipinski definition) is 49. The minimum absolute atomic E-state index is 0.0496. The Bertz CT molecular complexity index is 4950. The number of nitro benzene ring substituents is 1. The van der Waals surface area contributed by atoms with E-state index in [1.165, 1.54) is 42.7 Å². The van der Waals surface area contributed by atoms with Crippen LogP contribution in [0.2, 0.25) is 0 Å². The zero-order valence-corrected chi connectivity index (χ0v) is 77.1. The van der Waals surface area contributed by atoms with E-state index in [0.29, 0.717) is 25.1 Å². The normalized spacial score (nSPS) is 24.2.